The average Bonchev–Trinajstić information content (AvgIpc) is 3.04. The molecular weight excluding hydrogens is 297 g/mol. The van der Waals surface area contributed by atoms with Crippen LogP contribution in [0.1, 0.15) is 37.7 Å². The molecule has 1 heterocycles. The van der Waals surface area contributed by atoms with Gasteiger partial charge in [0.2, 0.25) is 5.91 Å². The molecule has 94 valence electrons. The van der Waals surface area contributed by atoms with Crippen LogP contribution in [0.25, 0.3) is 0 Å². The van der Waals surface area contributed by atoms with Crippen molar-refractivity contribution in [2.75, 3.05) is 4.90 Å². The molecule has 0 aromatic heterocycles. The molecule has 2 nitrogen and oxygen atoms in total. The molecular formula is C14H13BrFNO. The van der Waals surface area contributed by atoms with E-state index in [2.05, 4.69) is 15.9 Å². The molecule has 0 bridgehead atoms. The number of carbonyl (C=O) groups is 1. The Balaban J connectivity index is 1.94. The molecule has 1 aromatic carbocycles. The van der Waals surface area contributed by atoms with E-state index in [9.17, 15) is 9.18 Å². The van der Waals surface area contributed by atoms with Gasteiger partial charge in [-0.05, 0) is 59.3 Å². The fraction of sp³-hybridized carbons (Fsp3) is 0.500. The Bertz CT molecular complexity index is 563. The second-order valence-corrected chi connectivity index (χ2v) is 6.48. The standard InChI is InChI=1S/C14H13BrFNO/c15-10-6-9-12(7-11(10)16)17(8-2-3-8)13(18)14(9)4-1-5-14/h6-8H,1-5H2. The summed E-state index contributed by atoms with van der Waals surface area (Å²) in [6.07, 6.45) is 5.04. The molecule has 0 saturated heterocycles. The molecule has 4 heteroatoms. The van der Waals surface area contributed by atoms with Gasteiger partial charge in [0.25, 0.3) is 0 Å². The third kappa shape index (κ3) is 1.20. The second-order valence-electron chi connectivity index (χ2n) is 5.63. The van der Waals surface area contributed by atoms with Crippen LogP contribution in [-0.4, -0.2) is 11.9 Å². The predicted molar refractivity (Wildman–Crippen MR) is 70.1 cm³/mol. The van der Waals surface area contributed by atoms with Crippen molar-refractivity contribution in [1.29, 1.82) is 0 Å². The molecule has 2 saturated carbocycles. The lowest BCUT2D eigenvalue weighted by molar-refractivity contribution is -0.126. The number of hydrogen-bond acceptors (Lipinski definition) is 1. The van der Waals surface area contributed by atoms with E-state index in [1.54, 1.807) is 0 Å². The van der Waals surface area contributed by atoms with Crippen LogP contribution >= 0.6 is 15.9 Å². The van der Waals surface area contributed by atoms with Gasteiger partial charge in [-0.3, -0.25) is 4.79 Å². The highest BCUT2D eigenvalue weighted by Crippen LogP contribution is 2.56. The van der Waals surface area contributed by atoms with Crippen LogP contribution in [0, 0.1) is 5.82 Å². The molecule has 4 rings (SSSR count). The van der Waals surface area contributed by atoms with Crippen molar-refractivity contribution in [3.8, 4) is 0 Å². The number of amides is 1. The number of carbonyl (C=O) groups excluding carboxylic acids is 1. The van der Waals surface area contributed by atoms with Crippen LogP contribution < -0.4 is 4.90 Å². The van der Waals surface area contributed by atoms with Gasteiger partial charge in [-0.2, -0.15) is 0 Å². The molecule has 0 unspecified atom stereocenters. The maximum Gasteiger partial charge on any atom is 0.237 e. The molecule has 0 radical (unpaired) electrons. The van der Waals surface area contributed by atoms with Gasteiger partial charge in [-0.15, -0.1) is 0 Å². The number of hydrogen-bond donors (Lipinski definition) is 0. The van der Waals surface area contributed by atoms with E-state index in [0.29, 0.717) is 10.5 Å². The van der Waals surface area contributed by atoms with Crippen molar-refractivity contribution in [2.24, 2.45) is 0 Å². The van der Waals surface area contributed by atoms with E-state index in [1.807, 2.05) is 11.0 Å². The first kappa shape index (κ1) is 11.0. The minimum Gasteiger partial charge on any atom is -0.308 e. The maximum atomic E-state index is 13.7. The fourth-order valence-corrected chi connectivity index (χ4v) is 3.63. The van der Waals surface area contributed by atoms with Crippen molar-refractivity contribution in [3.63, 3.8) is 0 Å². The van der Waals surface area contributed by atoms with Crippen LogP contribution in [0.5, 0.6) is 0 Å². The van der Waals surface area contributed by atoms with E-state index >= 15 is 0 Å². The van der Waals surface area contributed by atoms with Crippen LogP contribution in [0.2, 0.25) is 0 Å². The van der Waals surface area contributed by atoms with Crippen LogP contribution in [-0.2, 0) is 10.2 Å². The van der Waals surface area contributed by atoms with Crippen LogP contribution in [0.4, 0.5) is 10.1 Å². The van der Waals surface area contributed by atoms with E-state index in [-0.39, 0.29) is 17.1 Å². The summed E-state index contributed by atoms with van der Waals surface area (Å²) in [5.41, 5.74) is 1.54. The molecule has 2 aliphatic carbocycles. The molecule has 1 aromatic rings. The smallest absolute Gasteiger partial charge is 0.237 e. The summed E-state index contributed by atoms with van der Waals surface area (Å²) in [6, 6.07) is 3.67. The quantitative estimate of drug-likeness (QED) is 0.777. The Labute approximate surface area is 113 Å². The first-order chi connectivity index (χ1) is 8.63. The third-order valence-electron chi connectivity index (χ3n) is 4.56. The largest absolute Gasteiger partial charge is 0.308 e. The minimum atomic E-state index is -0.325. The Morgan fingerprint density at radius 1 is 1.33 bits per heavy atom. The van der Waals surface area contributed by atoms with Gasteiger partial charge >= 0.3 is 0 Å². The summed E-state index contributed by atoms with van der Waals surface area (Å²) in [7, 11) is 0. The van der Waals surface area contributed by atoms with Crippen molar-refractivity contribution < 1.29 is 9.18 Å². The molecule has 0 N–H and O–H groups in total. The average molecular weight is 310 g/mol. The highest BCUT2D eigenvalue weighted by molar-refractivity contribution is 9.10. The molecule has 1 aliphatic heterocycles. The van der Waals surface area contributed by atoms with Crippen LogP contribution in [0.15, 0.2) is 16.6 Å². The minimum absolute atomic E-state index is 0.212. The van der Waals surface area contributed by atoms with Crippen molar-refractivity contribution in [3.05, 3.63) is 28.0 Å². The van der Waals surface area contributed by atoms with Crippen molar-refractivity contribution in [1.82, 2.24) is 0 Å². The van der Waals surface area contributed by atoms with Gasteiger partial charge in [-0.1, -0.05) is 6.42 Å². The fourth-order valence-electron chi connectivity index (χ4n) is 3.28. The summed E-state index contributed by atoms with van der Waals surface area (Å²) in [6.45, 7) is 0. The van der Waals surface area contributed by atoms with E-state index in [1.165, 1.54) is 6.07 Å². The van der Waals surface area contributed by atoms with E-state index in [0.717, 1.165) is 43.4 Å². The number of benzene rings is 1. The topological polar surface area (TPSA) is 20.3 Å². The zero-order valence-corrected chi connectivity index (χ0v) is 11.5. The summed E-state index contributed by atoms with van der Waals surface area (Å²) >= 11 is 3.24. The Morgan fingerprint density at radius 2 is 2.06 bits per heavy atom. The Hall–Kier alpha value is -0.900. The van der Waals surface area contributed by atoms with Crippen molar-refractivity contribution >= 4 is 27.5 Å². The van der Waals surface area contributed by atoms with Gasteiger partial charge in [-0.25, -0.2) is 4.39 Å². The highest BCUT2D eigenvalue weighted by Gasteiger charge is 2.57. The lowest BCUT2D eigenvalue weighted by atomic mass is 9.65. The van der Waals surface area contributed by atoms with Crippen molar-refractivity contribution in [2.45, 2.75) is 43.6 Å². The number of rotatable bonds is 1. The zero-order chi connectivity index (χ0) is 12.5. The summed E-state index contributed by atoms with van der Waals surface area (Å²) in [5.74, 6) is -0.0627. The summed E-state index contributed by atoms with van der Waals surface area (Å²) in [5, 5.41) is 0. The van der Waals surface area contributed by atoms with Gasteiger partial charge in [0.05, 0.1) is 15.6 Å². The maximum absolute atomic E-state index is 13.7. The van der Waals surface area contributed by atoms with Gasteiger partial charge in [0, 0.05) is 6.04 Å². The van der Waals surface area contributed by atoms with E-state index in [4.69, 9.17) is 0 Å². The lowest BCUT2D eigenvalue weighted by Gasteiger charge is -2.37. The summed E-state index contributed by atoms with van der Waals surface area (Å²) < 4.78 is 14.2. The number of halogens is 2. The number of nitrogens with zero attached hydrogens (tertiary/aromatic N) is 1. The molecule has 3 aliphatic rings. The van der Waals surface area contributed by atoms with E-state index < -0.39 is 0 Å². The Morgan fingerprint density at radius 3 is 2.61 bits per heavy atom. The lowest BCUT2D eigenvalue weighted by Crippen LogP contribution is -2.45. The predicted octanol–water partition coefficient (Wildman–Crippen LogP) is 3.52. The number of fused-ring (bicyclic) bond motifs is 2. The molecule has 1 amide bonds. The molecule has 0 atom stereocenters. The van der Waals surface area contributed by atoms with Crippen LogP contribution in [0.3, 0.4) is 0 Å². The zero-order valence-electron chi connectivity index (χ0n) is 9.88. The number of anilines is 1. The molecule has 1 spiro atoms. The van der Waals surface area contributed by atoms with Gasteiger partial charge in [0.1, 0.15) is 5.82 Å². The molecule has 2 fully saturated rings. The second kappa shape index (κ2) is 3.35. The SMILES string of the molecule is O=C1N(C2CC2)c2cc(F)c(Br)cc2C12CCC2. The molecule has 18 heavy (non-hydrogen) atoms. The first-order valence-corrected chi connectivity index (χ1v) is 7.26. The normalized spacial score (nSPS) is 24.3. The summed E-state index contributed by atoms with van der Waals surface area (Å²) in [4.78, 5) is 14.5. The third-order valence-corrected chi connectivity index (χ3v) is 5.17. The first-order valence-electron chi connectivity index (χ1n) is 6.47. The monoisotopic (exact) mass is 309 g/mol. The van der Waals surface area contributed by atoms with Gasteiger partial charge in [0.15, 0.2) is 0 Å². The highest BCUT2D eigenvalue weighted by atomic mass is 79.9. The Kier molecular flexibility index (Phi) is 2.04. The van der Waals surface area contributed by atoms with Gasteiger partial charge < -0.3 is 4.90 Å².